The Bertz CT molecular complexity index is 789. The highest BCUT2D eigenvalue weighted by molar-refractivity contribution is 6.07. The first-order valence-electron chi connectivity index (χ1n) is 9.03. The molecule has 1 fully saturated rings. The number of rotatable bonds is 4. The van der Waals surface area contributed by atoms with Crippen LogP contribution in [0.3, 0.4) is 0 Å². The Morgan fingerprint density at radius 1 is 1.00 bits per heavy atom. The summed E-state index contributed by atoms with van der Waals surface area (Å²) in [5, 5.41) is 2.89. The van der Waals surface area contributed by atoms with Gasteiger partial charge in [0.05, 0.1) is 5.54 Å². The van der Waals surface area contributed by atoms with Gasteiger partial charge in [-0.15, -0.1) is 12.4 Å². The van der Waals surface area contributed by atoms with Crippen LogP contribution in [0.15, 0.2) is 54.6 Å². The molecule has 2 aromatic carbocycles. The van der Waals surface area contributed by atoms with Crippen LogP contribution in [0.1, 0.15) is 42.5 Å². The zero-order valence-electron chi connectivity index (χ0n) is 15.5. The lowest BCUT2D eigenvalue weighted by Crippen LogP contribution is -2.52. The van der Waals surface area contributed by atoms with Crippen molar-refractivity contribution >= 4 is 35.6 Å². The summed E-state index contributed by atoms with van der Waals surface area (Å²) >= 11 is 0. The molecular weight excluding hydrogens is 362 g/mol. The lowest BCUT2D eigenvalue weighted by atomic mass is 9.82. The van der Waals surface area contributed by atoms with Crippen LogP contribution in [0, 0.1) is 0 Å². The maximum atomic E-state index is 12.7. The molecule has 0 unspecified atom stereocenters. The van der Waals surface area contributed by atoms with Crippen LogP contribution < -0.4 is 16.0 Å². The van der Waals surface area contributed by atoms with Crippen molar-refractivity contribution in [1.29, 1.82) is 0 Å². The molecule has 0 aromatic heterocycles. The zero-order chi connectivity index (χ0) is 18.6. The molecule has 0 aliphatic heterocycles. The Labute approximate surface area is 166 Å². The van der Waals surface area contributed by atoms with E-state index in [0.717, 1.165) is 24.9 Å². The molecule has 0 bridgehead atoms. The van der Waals surface area contributed by atoms with Crippen molar-refractivity contribution in [3.63, 3.8) is 0 Å². The molecule has 0 atom stereocenters. The number of para-hydroxylation sites is 1. The van der Waals surface area contributed by atoms with Crippen LogP contribution >= 0.6 is 12.4 Å². The van der Waals surface area contributed by atoms with E-state index in [2.05, 4.69) is 5.32 Å². The number of nitrogens with one attached hydrogen (secondary N) is 1. The number of nitrogens with zero attached hydrogens (tertiary/aromatic N) is 1. The Morgan fingerprint density at radius 3 is 2.33 bits per heavy atom. The number of benzene rings is 2. The fourth-order valence-electron chi connectivity index (χ4n) is 3.36. The summed E-state index contributed by atoms with van der Waals surface area (Å²) in [5.74, 6) is -0.300. The Balaban J connectivity index is 0.00000261. The maximum Gasteiger partial charge on any atom is 0.258 e. The molecule has 2 aromatic rings. The minimum Gasteiger partial charge on any atom is -0.324 e. The highest BCUT2D eigenvalue weighted by Crippen LogP contribution is 2.27. The van der Waals surface area contributed by atoms with Gasteiger partial charge >= 0.3 is 0 Å². The van der Waals surface area contributed by atoms with Gasteiger partial charge in [-0.25, -0.2) is 0 Å². The van der Waals surface area contributed by atoms with Gasteiger partial charge in [-0.1, -0.05) is 43.5 Å². The third-order valence-electron chi connectivity index (χ3n) is 5.01. The summed E-state index contributed by atoms with van der Waals surface area (Å²) in [5.41, 5.74) is 7.41. The summed E-state index contributed by atoms with van der Waals surface area (Å²) < 4.78 is 0. The zero-order valence-corrected chi connectivity index (χ0v) is 16.3. The second kappa shape index (κ2) is 9.02. The van der Waals surface area contributed by atoms with Crippen molar-refractivity contribution in [3.05, 3.63) is 60.2 Å². The SMILES string of the molecule is CN(C(=O)c1cccc(NC(=O)C2(N)CCCCC2)c1)c1ccccc1.Cl. The second-order valence-electron chi connectivity index (χ2n) is 6.95. The molecular formula is C21H26ClN3O2. The number of carbonyl (C=O) groups excluding carboxylic acids is 2. The highest BCUT2D eigenvalue weighted by Gasteiger charge is 2.35. The van der Waals surface area contributed by atoms with Crippen molar-refractivity contribution in [2.45, 2.75) is 37.6 Å². The average molecular weight is 388 g/mol. The first kappa shape index (κ1) is 20.9. The maximum absolute atomic E-state index is 12.7. The second-order valence-corrected chi connectivity index (χ2v) is 6.95. The third kappa shape index (κ3) is 4.87. The topological polar surface area (TPSA) is 75.4 Å². The molecule has 3 N–H and O–H groups in total. The fraction of sp³-hybridized carbons (Fsp3) is 0.333. The molecule has 0 saturated heterocycles. The van der Waals surface area contributed by atoms with Crippen LogP contribution in [0.2, 0.25) is 0 Å². The van der Waals surface area contributed by atoms with Gasteiger partial charge in [0.1, 0.15) is 0 Å². The fourth-order valence-corrected chi connectivity index (χ4v) is 3.36. The monoisotopic (exact) mass is 387 g/mol. The third-order valence-corrected chi connectivity index (χ3v) is 5.01. The minimum atomic E-state index is -0.806. The number of halogens is 1. The van der Waals surface area contributed by atoms with Crippen LogP contribution in [-0.4, -0.2) is 24.4 Å². The van der Waals surface area contributed by atoms with Crippen molar-refractivity contribution in [1.82, 2.24) is 0 Å². The smallest absolute Gasteiger partial charge is 0.258 e. The summed E-state index contributed by atoms with van der Waals surface area (Å²) in [6.45, 7) is 0. The van der Waals surface area contributed by atoms with Gasteiger partial charge in [-0.2, -0.15) is 0 Å². The molecule has 144 valence electrons. The van der Waals surface area contributed by atoms with E-state index in [1.807, 2.05) is 30.3 Å². The predicted molar refractivity (Wildman–Crippen MR) is 111 cm³/mol. The molecule has 0 heterocycles. The largest absolute Gasteiger partial charge is 0.324 e. The minimum absolute atomic E-state index is 0. The molecule has 1 aliphatic rings. The molecule has 0 radical (unpaired) electrons. The summed E-state index contributed by atoms with van der Waals surface area (Å²) in [6.07, 6.45) is 4.49. The van der Waals surface area contributed by atoms with Crippen LogP contribution in [-0.2, 0) is 4.79 Å². The van der Waals surface area contributed by atoms with E-state index in [1.54, 1.807) is 36.2 Å². The number of anilines is 2. The van der Waals surface area contributed by atoms with E-state index in [9.17, 15) is 9.59 Å². The molecule has 0 spiro atoms. The molecule has 5 nitrogen and oxygen atoms in total. The number of nitrogens with two attached hydrogens (primary N) is 1. The van der Waals surface area contributed by atoms with E-state index in [-0.39, 0.29) is 24.2 Å². The van der Waals surface area contributed by atoms with Gasteiger partial charge in [0.15, 0.2) is 0 Å². The van der Waals surface area contributed by atoms with Crippen molar-refractivity contribution in [2.75, 3.05) is 17.3 Å². The number of carbonyl (C=O) groups is 2. The lowest BCUT2D eigenvalue weighted by Gasteiger charge is -2.31. The number of hydrogen-bond acceptors (Lipinski definition) is 3. The van der Waals surface area contributed by atoms with Crippen LogP contribution in [0.4, 0.5) is 11.4 Å². The first-order valence-corrected chi connectivity index (χ1v) is 9.03. The van der Waals surface area contributed by atoms with Crippen molar-refractivity contribution in [2.24, 2.45) is 5.73 Å². The number of hydrogen-bond donors (Lipinski definition) is 2. The molecule has 27 heavy (non-hydrogen) atoms. The van der Waals surface area contributed by atoms with E-state index in [4.69, 9.17) is 5.73 Å². The van der Waals surface area contributed by atoms with Crippen molar-refractivity contribution < 1.29 is 9.59 Å². The lowest BCUT2D eigenvalue weighted by molar-refractivity contribution is -0.122. The number of amides is 2. The van der Waals surface area contributed by atoms with Crippen molar-refractivity contribution in [3.8, 4) is 0 Å². The molecule has 1 aliphatic carbocycles. The molecule has 2 amide bonds. The molecule has 1 saturated carbocycles. The van der Waals surface area contributed by atoms with Gasteiger partial charge < -0.3 is 16.0 Å². The van der Waals surface area contributed by atoms with Gasteiger partial charge in [-0.3, -0.25) is 9.59 Å². The summed E-state index contributed by atoms with van der Waals surface area (Å²) in [6, 6.07) is 16.4. The first-order chi connectivity index (χ1) is 12.5. The normalized spacial score (nSPS) is 15.3. The van der Waals surface area contributed by atoms with E-state index < -0.39 is 5.54 Å². The van der Waals surface area contributed by atoms with E-state index in [0.29, 0.717) is 24.1 Å². The Morgan fingerprint density at radius 2 is 1.67 bits per heavy atom. The van der Waals surface area contributed by atoms with Gasteiger partial charge in [0.25, 0.3) is 5.91 Å². The highest BCUT2D eigenvalue weighted by atomic mass is 35.5. The predicted octanol–water partition coefficient (Wildman–Crippen LogP) is 3.99. The summed E-state index contributed by atoms with van der Waals surface area (Å²) in [7, 11) is 1.74. The van der Waals surface area contributed by atoms with Crippen LogP contribution in [0.5, 0.6) is 0 Å². The van der Waals surface area contributed by atoms with E-state index in [1.165, 1.54) is 0 Å². The quantitative estimate of drug-likeness (QED) is 0.832. The standard InChI is InChI=1S/C21H25N3O2.ClH/c1-24(18-11-4-2-5-12-18)19(25)16-9-8-10-17(15-16)23-20(26)21(22)13-6-3-7-14-21;/h2,4-5,8-12,15H,3,6-7,13-14,22H2,1H3,(H,23,26);1H. The van der Waals surface area contributed by atoms with Crippen LogP contribution in [0.25, 0.3) is 0 Å². The van der Waals surface area contributed by atoms with Gasteiger partial charge in [0.2, 0.25) is 5.91 Å². The van der Waals surface area contributed by atoms with E-state index >= 15 is 0 Å². The Hall–Kier alpha value is -2.37. The summed E-state index contributed by atoms with van der Waals surface area (Å²) in [4.78, 5) is 26.9. The molecule has 3 rings (SSSR count). The molecule has 6 heteroatoms. The Kier molecular flexibility index (Phi) is 6.99. The van der Waals surface area contributed by atoms with Gasteiger partial charge in [-0.05, 0) is 43.2 Å². The van der Waals surface area contributed by atoms with Gasteiger partial charge in [0, 0.05) is 24.0 Å². The average Bonchev–Trinajstić information content (AvgIpc) is 2.68.